The molecule has 0 bridgehead atoms. The predicted molar refractivity (Wildman–Crippen MR) is 70.9 cm³/mol. The molecule has 9 heteroatoms. The van der Waals surface area contributed by atoms with Crippen molar-refractivity contribution >= 4 is 15.9 Å². The zero-order valence-electron chi connectivity index (χ0n) is 10.4. The Morgan fingerprint density at radius 2 is 2.20 bits per heavy atom. The van der Waals surface area contributed by atoms with Gasteiger partial charge in [0.05, 0.1) is 11.7 Å². The van der Waals surface area contributed by atoms with E-state index in [-0.39, 0.29) is 5.75 Å². The molecule has 0 aliphatic carbocycles. The molecule has 20 heavy (non-hydrogen) atoms. The number of hydrazine groups is 1. The first-order chi connectivity index (χ1) is 9.52. The highest BCUT2D eigenvalue weighted by Crippen LogP contribution is 2.28. The van der Waals surface area contributed by atoms with Gasteiger partial charge in [-0.05, 0) is 33.6 Å². The summed E-state index contributed by atoms with van der Waals surface area (Å²) in [6, 6.07) is 5.80. The van der Waals surface area contributed by atoms with Crippen molar-refractivity contribution in [1.29, 1.82) is 0 Å². The molecule has 0 saturated carbocycles. The average Bonchev–Trinajstić information content (AvgIpc) is 2.71. The number of nitrogens with zero attached hydrogens (tertiary/aromatic N) is 3. The summed E-state index contributed by atoms with van der Waals surface area (Å²) in [4.78, 5) is 0. The van der Waals surface area contributed by atoms with E-state index >= 15 is 0 Å². The minimum Gasteiger partial charge on any atom is -0.435 e. The summed E-state index contributed by atoms with van der Waals surface area (Å²) in [6.07, 6.45) is 0. The van der Waals surface area contributed by atoms with Crippen LogP contribution in [-0.4, -0.2) is 21.6 Å². The van der Waals surface area contributed by atoms with Crippen molar-refractivity contribution in [2.24, 2.45) is 12.9 Å². The van der Waals surface area contributed by atoms with Gasteiger partial charge in [0.25, 0.3) is 0 Å². The highest BCUT2D eigenvalue weighted by Gasteiger charge is 2.21. The Balaban J connectivity index is 2.37. The summed E-state index contributed by atoms with van der Waals surface area (Å²) in [5.74, 6) is 5.62. The largest absolute Gasteiger partial charge is 0.435 e. The lowest BCUT2D eigenvalue weighted by Gasteiger charge is -2.17. The Morgan fingerprint density at radius 3 is 2.75 bits per heavy atom. The fraction of sp³-hybridized carbons (Fsp3) is 0.273. The first-order valence-electron chi connectivity index (χ1n) is 5.59. The number of aromatic nitrogens is 3. The molecule has 0 spiro atoms. The maximum absolute atomic E-state index is 12.2. The van der Waals surface area contributed by atoms with Crippen molar-refractivity contribution in [1.82, 2.24) is 20.4 Å². The highest BCUT2D eigenvalue weighted by atomic mass is 79.9. The number of ether oxygens (including phenoxy) is 1. The number of hydrogen-bond acceptors (Lipinski definition) is 5. The van der Waals surface area contributed by atoms with Crippen LogP contribution in [0.3, 0.4) is 0 Å². The van der Waals surface area contributed by atoms with Crippen LogP contribution in [0.15, 0.2) is 28.9 Å². The van der Waals surface area contributed by atoms with Crippen LogP contribution in [0, 0.1) is 0 Å². The van der Waals surface area contributed by atoms with Crippen molar-refractivity contribution in [2.75, 3.05) is 0 Å². The van der Waals surface area contributed by atoms with Gasteiger partial charge in [-0.15, -0.1) is 5.10 Å². The van der Waals surface area contributed by atoms with E-state index in [1.54, 1.807) is 19.2 Å². The molecule has 1 heterocycles. The molecule has 108 valence electrons. The predicted octanol–water partition coefficient (Wildman–Crippen LogP) is 1.73. The average molecular weight is 348 g/mol. The summed E-state index contributed by atoms with van der Waals surface area (Å²) in [5.41, 5.74) is 3.93. The molecule has 0 aliphatic heterocycles. The smallest absolute Gasteiger partial charge is 0.387 e. The number of alkyl halides is 2. The maximum atomic E-state index is 12.2. The second kappa shape index (κ2) is 6.25. The molecule has 1 atom stereocenters. The second-order valence-electron chi connectivity index (χ2n) is 3.94. The molecule has 0 saturated heterocycles. The Kier molecular flexibility index (Phi) is 4.63. The van der Waals surface area contributed by atoms with Gasteiger partial charge in [-0.3, -0.25) is 5.84 Å². The molecule has 1 aromatic heterocycles. The van der Waals surface area contributed by atoms with E-state index in [0.29, 0.717) is 15.9 Å². The molecular weight excluding hydrogens is 336 g/mol. The summed E-state index contributed by atoms with van der Waals surface area (Å²) in [5, 5.41) is 7.72. The van der Waals surface area contributed by atoms with Crippen molar-refractivity contribution in [3.05, 3.63) is 40.1 Å². The Bertz CT molecular complexity index is 572. The molecular formula is C11H12BrF2N5O. The SMILES string of the molecule is Cn1nnc(Br)c1C(NN)c1cccc(OC(F)F)c1. The third-order valence-corrected chi connectivity index (χ3v) is 3.25. The molecule has 0 aliphatic rings. The van der Waals surface area contributed by atoms with E-state index in [1.807, 2.05) is 0 Å². The molecule has 1 unspecified atom stereocenters. The van der Waals surface area contributed by atoms with Gasteiger partial charge < -0.3 is 4.74 Å². The van der Waals surface area contributed by atoms with Crippen molar-refractivity contribution in [3.8, 4) is 5.75 Å². The van der Waals surface area contributed by atoms with Crippen LogP contribution >= 0.6 is 15.9 Å². The zero-order chi connectivity index (χ0) is 14.7. The van der Waals surface area contributed by atoms with Crippen LogP contribution in [-0.2, 0) is 7.05 Å². The quantitative estimate of drug-likeness (QED) is 0.636. The van der Waals surface area contributed by atoms with Gasteiger partial charge in [0.15, 0.2) is 4.60 Å². The second-order valence-corrected chi connectivity index (χ2v) is 4.69. The topological polar surface area (TPSA) is 78.0 Å². The molecule has 0 fully saturated rings. The monoisotopic (exact) mass is 347 g/mol. The highest BCUT2D eigenvalue weighted by molar-refractivity contribution is 9.10. The van der Waals surface area contributed by atoms with Gasteiger partial charge in [0.2, 0.25) is 0 Å². The van der Waals surface area contributed by atoms with Gasteiger partial charge >= 0.3 is 6.61 Å². The summed E-state index contributed by atoms with van der Waals surface area (Å²) < 4.78 is 30.9. The Morgan fingerprint density at radius 1 is 1.45 bits per heavy atom. The van der Waals surface area contributed by atoms with Gasteiger partial charge in [-0.2, -0.15) is 8.78 Å². The van der Waals surface area contributed by atoms with E-state index in [2.05, 4.69) is 36.4 Å². The molecule has 3 N–H and O–H groups in total. The molecule has 0 radical (unpaired) electrons. The lowest BCUT2D eigenvalue weighted by molar-refractivity contribution is -0.0498. The minimum absolute atomic E-state index is 0.0593. The van der Waals surface area contributed by atoms with Crippen LogP contribution in [0.4, 0.5) is 8.78 Å². The van der Waals surface area contributed by atoms with Crippen molar-refractivity contribution < 1.29 is 13.5 Å². The number of nitrogens with two attached hydrogens (primary N) is 1. The number of nitrogens with one attached hydrogen (secondary N) is 1. The van der Waals surface area contributed by atoms with E-state index in [1.165, 1.54) is 16.8 Å². The number of halogens is 3. The van der Waals surface area contributed by atoms with E-state index in [9.17, 15) is 8.78 Å². The fourth-order valence-corrected chi connectivity index (χ4v) is 2.40. The number of aryl methyl sites for hydroxylation is 1. The molecule has 2 aromatic rings. The van der Waals surface area contributed by atoms with E-state index in [4.69, 9.17) is 5.84 Å². The first-order valence-corrected chi connectivity index (χ1v) is 6.38. The molecule has 0 amide bonds. The van der Waals surface area contributed by atoms with Gasteiger partial charge in [0, 0.05) is 7.05 Å². The summed E-state index contributed by atoms with van der Waals surface area (Å²) in [6.45, 7) is -2.88. The normalized spacial score (nSPS) is 12.7. The third-order valence-electron chi connectivity index (χ3n) is 2.68. The molecule has 6 nitrogen and oxygen atoms in total. The number of benzene rings is 1. The minimum atomic E-state index is -2.88. The Labute approximate surface area is 122 Å². The van der Waals surface area contributed by atoms with Gasteiger partial charge in [-0.1, -0.05) is 17.3 Å². The van der Waals surface area contributed by atoms with E-state index < -0.39 is 12.7 Å². The van der Waals surface area contributed by atoms with Crippen LogP contribution in [0.2, 0.25) is 0 Å². The molecule has 1 aromatic carbocycles. The van der Waals surface area contributed by atoms with Crippen molar-refractivity contribution in [3.63, 3.8) is 0 Å². The Hall–Kier alpha value is -1.58. The van der Waals surface area contributed by atoms with E-state index in [0.717, 1.165) is 0 Å². The van der Waals surface area contributed by atoms with Crippen LogP contribution in [0.1, 0.15) is 17.3 Å². The summed E-state index contributed by atoms with van der Waals surface area (Å²) >= 11 is 3.27. The van der Waals surface area contributed by atoms with Gasteiger partial charge in [0.1, 0.15) is 5.75 Å². The number of hydrogen-bond donors (Lipinski definition) is 2. The van der Waals surface area contributed by atoms with Crippen LogP contribution < -0.4 is 16.0 Å². The fourth-order valence-electron chi connectivity index (χ4n) is 1.85. The first kappa shape index (κ1) is 14.8. The summed E-state index contributed by atoms with van der Waals surface area (Å²) in [7, 11) is 1.71. The standard InChI is InChI=1S/C11H12BrF2N5O/c1-19-9(10(12)17-18-19)8(16-15)6-3-2-4-7(5-6)20-11(13)14/h2-5,8,11,16H,15H2,1H3. The van der Waals surface area contributed by atoms with Crippen LogP contribution in [0.25, 0.3) is 0 Å². The molecule has 2 rings (SSSR count). The lowest BCUT2D eigenvalue weighted by Crippen LogP contribution is -2.30. The lowest BCUT2D eigenvalue weighted by atomic mass is 10.0. The van der Waals surface area contributed by atoms with Crippen LogP contribution in [0.5, 0.6) is 5.75 Å². The van der Waals surface area contributed by atoms with Crippen molar-refractivity contribution in [2.45, 2.75) is 12.7 Å². The maximum Gasteiger partial charge on any atom is 0.387 e. The zero-order valence-corrected chi connectivity index (χ0v) is 12.0. The van der Waals surface area contributed by atoms with Gasteiger partial charge in [-0.25, -0.2) is 10.1 Å². The third kappa shape index (κ3) is 3.11. The number of rotatable bonds is 5.